The van der Waals surface area contributed by atoms with E-state index in [4.69, 9.17) is 0 Å². The largest absolute Gasteiger partial charge is 0.387 e. The molecule has 0 aliphatic rings. The number of anilines is 1. The molecule has 0 aliphatic heterocycles. The van der Waals surface area contributed by atoms with E-state index in [0.717, 1.165) is 5.69 Å². The van der Waals surface area contributed by atoms with Crippen molar-refractivity contribution in [2.75, 3.05) is 12.4 Å². The first kappa shape index (κ1) is 10.4. The minimum absolute atomic E-state index is 0.112. The third-order valence-corrected chi connectivity index (χ3v) is 2.26. The molecule has 0 radical (unpaired) electrons. The zero-order valence-electron chi connectivity index (χ0n) is 9.00. The average molecular weight is 219 g/mol. The molecule has 2 aromatic rings. The lowest BCUT2D eigenvalue weighted by molar-refractivity contribution is 0.483. The number of aromatic nitrogens is 4. The highest BCUT2D eigenvalue weighted by Crippen LogP contribution is 1.96. The second-order valence-electron chi connectivity index (χ2n) is 3.32. The Bertz CT molecular complexity index is 502. The third-order valence-electron chi connectivity index (χ3n) is 2.26. The Morgan fingerprint density at radius 3 is 2.88 bits per heavy atom. The highest BCUT2D eigenvalue weighted by molar-refractivity contribution is 5.37. The van der Waals surface area contributed by atoms with Crippen LogP contribution >= 0.6 is 0 Å². The van der Waals surface area contributed by atoms with Crippen LogP contribution in [0.15, 0.2) is 35.5 Å². The molecule has 0 amide bonds. The molecular formula is C10H13N5O. The van der Waals surface area contributed by atoms with Gasteiger partial charge in [0.25, 0.3) is 5.56 Å². The average Bonchev–Trinajstić information content (AvgIpc) is 2.80. The lowest BCUT2D eigenvalue weighted by atomic mass is 10.4. The van der Waals surface area contributed by atoms with Gasteiger partial charge in [-0.3, -0.25) is 9.48 Å². The van der Waals surface area contributed by atoms with Crippen molar-refractivity contribution >= 4 is 5.69 Å². The van der Waals surface area contributed by atoms with E-state index >= 15 is 0 Å². The molecule has 0 fully saturated rings. The Morgan fingerprint density at radius 1 is 1.38 bits per heavy atom. The maximum atomic E-state index is 11.6. The SMILES string of the molecule is CNc1cnn(CCn2cccn2)c(=O)c1. The molecule has 0 bridgehead atoms. The number of nitrogens with one attached hydrogen (secondary N) is 1. The minimum Gasteiger partial charge on any atom is -0.387 e. The van der Waals surface area contributed by atoms with Gasteiger partial charge in [-0.15, -0.1) is 0 Å². The van der Waals surface area contributed by atoms with Gasteiger partial charge in [-0.1, -0.05) is 0 Å². The molecule has 2 rings (SSSR count). The maximum Gasteiger partial charge on any atom is 0.268 e. The van der Waals surface area contributed by atoms with E-state index in [2.05, 4.69) is 15.5 Å². The maximum absolute atomic E-state index is 11.6. The summed E-state index contributed by atoms with van der Waals surface area (Å²) in [6.07, 6.45) is 5.19. The monoisotopic (exact) mass is 219 g/mol. The zero-order chi connectivity index (χ0) is 11.4. The quantitative estimate of drug-likeness (QED) is 0.796. The van der Waals surface area contributed by atoms with Crippen LogP contribution in [-0.4, -0.2) is 26.6 Å². The van der Waals surface area contributed by atoms with Crippen molar-refractivity contribution in [3.63, 3.8) is 0 Å². The molecule has 84 valence electrons. The summed E-state index contributed by atoms with van der Waals surface area (Å²) in [5.74, 6) is 0. The van der Waals surface area contributed by atoms with Crippen LogP contribution in [0.3, 0.4) is 0 Å². The highest BCUT2D eigenvalue weighted by atomic mass is 16.1. The smallest absolute Gasteiger partial charge is 0.268 e. The number of rotatable bonds is 4. The summed E-state index contributed by atoms with van der Waals surface area (Å²) in [4.78, 5) is 11.6. The molecule has 6 heteroatoms. The molecular weight excluding hydrogens is 206 g/mol. The van der Waals surface area contributed by atoms with E-state index in [0.29, 0.717) is 13.1 Å². The standard InChI is InChI=1S/C10H13N5O/c1-11-9-7-10(16)15(13-8-9)6-5-14-4-2-3-12-14/h2-4,7-8,11H,5-6H2,1H3. The zero-order valence-corrected chi connectivity index (χ0v) is 9.00. The van der Waals surface area contributed by atoms with Gasteiger partial charge in [0, 0.05) is 25.5 Å². The van der Waals surface area contributed by atoms with Crippen molar-refractivity contribution in [1.29, 1.82) is 0 Å². The second-order valence-corrected chi connectivity index (χ2v) is 3.32. The molecule has 0 unspecified atom stereocenters. The number of aryl methyl sites for hydroxylation is 2. The van der Waals surface area contributed by atoms with Gasteiger partial charge in [0.05, 0.1) is 25.0 Å². The van der Waals surface area contributed by atoms with Gasteiger partial charge in [-0.2, -0.15) is 10.2 Å². The van der Waals surface area contributed by atoms with Gasteiger partial charge in [-0.25, -0.2) is 4.68 Å². The normalized spacial score (nSPS) is 10.3. The van der Waals surface area contributed by atoms with Crippen molar-refractivity contribution in [1.82, 2.24) is 19.6 Å². The predicted octanol–water partition coefficient (Wildman–Crippen LogP) is 0.182. The summed E-state index contributed by atoms with van der Waals surface area (Å²) in [7, 11) is 1.75. The first-order chi connectivity index (χ1) is 7.79. The Morgan fingerprint density at radius 2 is 2.25 bits per heavy atom. The predicted molar refractivity (Wildman–Crippen MR) is 60.3 cm³/mol. The molecule has 0 aromatic carbocycles. The summed E-state index contributed by atoms with van der Waals surface area (Å²) < 4.78 is 3.18. The van der Waals surface area contributed by atoms with Crippen molar-refractivity contribution in [2.45, 2.75) is 13.1 Å². The summed E-state index contributed by atoms with van der Waals surface area (Å²) >= 11 is 0. The Labute approximate surface area is 92.5 Å². The van der Waals surface area contributed by atoms with Gasteiger partial charge < -0.3 is 5.32 Å². The van der Waals surface area contributed by atoms with Gasteiger partial charge >= 0.3 is 0 Å². The molecule has 6 nitrogen and oxygen atoms in total. The summed E-state index contributed by atoms with van der Waals surface area (Å²) in [6.45, 7) is 1.16. The Hall–Kier alpha value is -2.11. The van der Waals surface area contributed by atoms with Crippen LogP contribution in [-0.2, 0) is 13.1 Å². The second kappa shape index (κ2) is 4.61. The molecule has 0 atom stereocenters. The van der Waals surface area contributed by atoms with E-state index in [1.807, 2.05) is 12.3 Å². The van der Waals surface area contributed by atoms with Crippen molar-refractivity contribution in [3.05, 3.63) is 41.1 Å². The highest BCUT2D eigenvalue weighted by Gasteiger charge is 1.99. The third kappa shape index (κ3) is 2.28. The summed E-state index contributed by atoms with van der Waals surface area (Å²) in [6, 6.07) is 3.37. The van der Waals surface area contributed by atoms with Crippen LogP contribution < -0.4 is 10.9 Å². The summed E-state index contributed by atoms with van der Waals surface area (Å²) in [5.41, 5.74) is 0.611. The lowest BCUT2D eigenvalue weighted by Gasteiger charge is -2.05. The number of hydrogen-bond acceptors (Lipinski definition) is 4. The van der Waals surface area contributed by atoms with Crippen LogP contribution in [0.5, 0.6) is 0 Å². The molecule has 2 heterocycles. The molecule has 0 saturated carbocycles. The fourth-order valence-electron chi connectivity index (χ4n) is 1.37. The van der Waals surface area contributed by atoms with E-state index in [1.54, 1.807) is 24.1 Å². The molecule has 2 aromatic heterocycles. The first-order valence-electron chi connectivity index (χ1n) is 5.02. The first-order valence-corrected chi connectivity index (χ1v) is 5.02. The molecule has 1 N–H and O–H groups in total. The Balaban J connectivity index is 2.07. The molecule has 0 aliphatic carbocycles. The van der Waals surface area contributed by atoms with E-state index in [1.165, 1.54) is 10.7 Å². The Kier molecular flexibility index (Phi) is 3.00. The molecule has 0 spiro atoms. The van der Waals surface area contributed by atoms with Gasteiger partial charge in [0.2, 0.25) is 0 Å². The van der Waals surface area contributed by atoms with Crippen LogP contribution in [0.1, 0.15) is 0 Å². The van der Waals surface area contributed by atoms with Crippen molar-refractivity contribution in [2.24, 2.45) is 0 Å². The van der Waals surface area contributed by atoms with E-state index < -0.39 is 0 Å². The summed E-state index contributed by atoms with van der Waals surface area (Å²) in [5, 5.41) is 11.0. The van der Waals surface area contributed by atoms with Crippen molar-refractivity contribution < 1.29 is 0 Å². The number of hydrogen-bond donors (Lipinski definition) is 1. The van der Waals surface area contributed by atoms with E-state index in [-0.39, 0.29) is 5.56 Å². The van der Waals surface area contributed by atoms with Crippen LogP contribution in [0.2, 0.25) is 0 Å². The van der Waals surface area contributed by atoms with E-state index in [9.17, 15) is 4.79 Å². The lowest BCUT2D eigenvalue weighted by Crippen LogP contribution is -2.24. The number of nitrogens with zero attached hydrogens (tertiary/aromatic N) is 4. The van der Waals surface area contributed by atoms with Crippen LogP contribution in [0.4, 0.5) is 5.69 Å². The molecule has 16 heavy (non-hydrogen) atoms. The van der Waals surface area contributed by atoms with Gasteiger partial charge in [0.1, 0.15) is 0 Å². The topological polar surface area (TPSA) is 64.7 Å². The van der Waals surface area contributed by atoms with Gasteiger partial charge in [-0.05, 0) is 6.07 Å². The fourth-order valence-corrected chi connectivity index (χ4v) is 1.37. The molecule has 0 saturated heterocycles. The van der Waals surface area contributed by atoms with Crippen LogP contribution in [0.25, 0.3) is 0 Å². The van der Waals surface area contributed by atoms with Crippen molar-refractivity contribution in [3.8, 4) is 0 Å². The van der Waals surface area contributed by atoms with Gasteiger partial charge in [0.15, 0.2) is 0 Å². The minimum atomic E-state index is -0.112. The fraction of sp³-hybridized carbons (Fsp3) is 0.300. The van der Waals surface area contributed by atoms with Crippen LogP contribution in [0, 0.1) is 0 Å².